The molecule has 18 heteroatoms. The molecule has 0 fully saturated rings. The van der Waals surface area contributed by atoms with E-state index in [0.717, 1.165) is 141 Å². The summed E-state index contributed by atoms with van der Waals surface area (Å²) in [6.45, 7) is 2.52. The number of hydrogen-bond acceptors (Lipinski definition) is 14. The van der Waals surface area contributed by atoms with Crippen LogP contribution in [0.25, 0.3) is 0 Å². The summed E-state index contributed by atoms with van der Waals surface area (Å²) in [6.07, 6.45) is 102. The zero-order valence-corrected chi connectivity index (χ0v) is 70.7. The van der Waals surface area contributed by atoms with Gasteiger partial charge >= 0.3 is 33.6 Å². The number of unbranched alkanes of at least 4 members (excludes halogenated alkanes) is 37. The summed E-state index contributed by atoms with van der Waals surface area (Å²) < 4.78 is 61.3. The van der Waals surface area contributed by atoms with Crippen LogP contribution in [0.3, 0.4) is 0 Å². The predicted molar refractivity (Wildman–Crippen MR) is 454 cm³/mol. The van der Waals surface area contributed by atoms with Crippen molar-refractivity contribution in [3.63, 3.8) is 0 Å². The average Bonchev–Trinajstić information content (AvgIpc) is 0.904. The van der Waals surface area contributed by atoms with Crippen LogP contribution in [-0.4, -0.2) is 95.9 Å². The van der Waals surface area contributed by atoms with E-state index >= 15 is 0 Å². The molecule has 16 nitrogen and oxygen atoms in total. The Balaban J connectivity index is 4.47. The molecule has 5 unspecified atom stereocenters. The summed E-state index contributed by atoms with van der Waals surface area (Å²) in [5.41, 5.74) is 0. The van der Waals surface area contributed by atoms with Gasteiger partial charge in [-0.2, -0.15) is 0 Å². The number of aliphatic hydroxyl groups excluding tert-OH is 2. The lowest BCUT2D eigenvalue weighted by molar-refractivity contribution is -0.161. The largest absolute Gasteiger partial charge is 0.472 e. The molecule has 0 aliphatic heterocycles. The van der Waals surface area contributed by atoms with Crippen molar-refractivity contribution >= 4 is 33.6 Å². The summed E-state index contributed by atoms with van der Waals surface area (Å²) in [6, 6.07) is 0. The van der Waals surface area contributed by atoms with Gasteiger partial charge in [-0.05, 0) is 141 Å². The highest BCUT2D eigenvalue weighted by Gasteiger charge is 2.29. The second kappa shape index (κ2) is 83.1. The minimum Gasteiger partial charge on any atom is -0.463 e. The normalized spacial score (nSPS) is 14.5. The van der Waals surface area contributed by atoms with Gasteiger partial charge in [-0.15, -0.1) is 0 Å². The van der Waals surface area contributed by atoms with Crippen molar-refractivity contribution in [2.24, 2.45) is 0 Å². The number of phosphoric acid groups is 2. The molecule has 0 aliphatic rings. The Bertz CT molecular complexity index is 2510. The third-order valence-corrected chi connectivity index (χ3v) is 20.2. The van der Waals surface area contributed by atoms with Crippen LogP contribution in [0.5, 0.6) is 0 Å². The number of rotatable bonds is 82. The van der Waals surface area contributed by atoms with E-state index in [1.54, 1.807) is 0 Å². The Morgan fingerprint density at radius 3 is 0.771 bits per heavy atom. The Morgan fingerprint density at radius 1 is 0.266 bits per heavy atom. The summed E-state index contributed by atoms with van der Waals surface area (Å²) in [5, 5.41) is 20.7. The minimum atomic E-state index is -4.94. The smallest absolute Gasteiger partial charge is 0.463 e. The first-order chi connectivity index (χ1) is 53.2. The number of carbonyl (C=O) groups excluding carboxylic acids is 3. The third-order valence-electron chi connectivity index (χ3n) is 18.3. The van der Waals surface area contributed by atoms with Crippen molar-refractivity contribution in [1.29, 1.82) is 0 Å². The molecule has 0 aliphatic carbocycles. The van der Waals surface area contributed by atoms with Gasteiger partial charge in [0.25, 0.3) is 0 Å². The van der Waals surface area contributed by atoms with Gasteiger partial charge in [-0.1, -0.05) is 341 Å². The van der Waals surface area contributed by atoms with Gasteiger partial charge in [0.05, 0.1) is 26.4 Å². The van der Waals surface area contributed by atoms with Crippen LogP contribution >= 0.6 is 15.6 Å². The van der Waals surface area contributed by atoms with Crippen LogP contribution in [0.4, 0.5) is 0 Å². The summed E-state index contributed by atoms with van der Waals surface area (Å²) in [4.78, 5) is 58.8. The highest BCUT2D eigenvalue weighted by Crippen LogP contribution is 2.45. The van der Waals surface area contributed by atoms with Crippen LogP contribution in [0.1, 0.15) is 367 Å². The maximum Gasteiger partial charge on any atom is 0.472 e. The first-order valence-corrected chi connectivity index (χ1v) is 46.5. The van der Waals surface area contributed by atoms with Crippen molar-refractivity contribution < 1.29 is 75.8 Å². The Labute approximate surface area is 665 Å². The fourth-order valence-corrected chi connectivity index (χ4v) is 13.3. The number of aliphatic hydroxyl groups is 2. The van der Waals surface area contributed by atoms with Gasteiger partial charge in [0.15, 0.2) is 6.10 Å². The van der Waals surface area contributed by atoms with Gasteiger partial charge < -0.3 is 34.2 Å². The summed E-state index contributed by atoms with van der Waals surface area (Å²) in [5.74, 6) is -1.59. The Kier molecular flexibility index (Phi) is 79.8. The SMILES string of the molecule is CC/C=C\C/C=C\C/C=C\CCCCCCCC(=O)OC(COC(=O)CCCCCCCCCCC/C=C\C/C=C\C/C=C\C/C=C\CCCCC)COP(=O)(O)OCC(O)COP(=O)(O)OCC(O)COC(=O)CCCCCCCCCCCCCCCCCCC/C=C\C/C=C\C/C=C\C/C=C\CCCCC. The number of esters is 3. The van der Waals surface area contributed by atoms with Gasteiger partial charge in [-0.3, -0.25) is 32.5 Å². The first kappa shape index (κ1) is 105. The minimum absolute atomic E-state index is 0.0816. The van der Waals surface area contributed by atoms with Crippen LogP contribution in [0.2, 0.25) is 0 Å². The van der Waals surface area contributed by atoms with Crippen molar-refractivity contribution in [3.8, 4) is 0 Å². The molecule has 0 heterocycles. The number of carbonyl (C=O) groups is 3. The average molecular weight is 1570 g/mol. The molecule has 0 bridgehead atoms. The molecule has 5 atom stereocenters. The second-order valence-corrected chi connectivity index (χ2v) is 31.9. The predicted octanol–water partition coefficient (Wildman–Crippen LogP) is 26.2. The molecule has 0 saturated heterocycles. The lowest BCUT2D eigenvalue weighted by Gasteiger charge is -2.21. The quantitative estimate of drug-likeness (QED) is 0.0146. The molecule has 0 radical (unpaired) electrons. The number of phosphoric ester groups is 2. The molecule has 4 N–H and O–H groups in total. The van der Waals surface area contributed by atoms with E-state index in [0.29, 0.717) is 19.3 Å². The number of hydrogen-bond donors (Lipinski definition) is 4. The Hall–Kier alpha value is -4.31. The van der Waals surface area contributed by atoms with Gasteiger partial charge in [-0.25, -0.2) is 9.13 Å². The molecular weight excluding hydrogens is 1410 g/mol. The topological polar surface area (TPSA) is 231 Å². The molecule has 0 aromatic rings. The third kappa shape index (κ3) is 84.4. The maximum atomic E-state index is 13.0. The van der Waals surface area contributed by atoms with E-state index in [4.69, 9.17) is 32.3 Å². The van der Waals surface area contributed by atoms with Crippen molar-refractivity contribution in [2.45, 2.75) is 386 Å². The molecular formula is C91H158O16P2. The van der Waals surface area contributed by atoms with Crippen molar-refractivity contribution in [1.82, 2.24) is 0 Å². The van der Waals surface area contributed by atoms with E-state index in [-0.39, 0.29) is 19.3 Å². The van der Waals surface area contributed by atoms with E-state index in [2.05, 4.69) is 154 Å². The van der Waals surface area contributed by atoms with Crippen LogP contribution < -0.4 is 0 Å². The van der Waals surface area contributed by atoms with Crippen molar-refractivity contribution in [3.05, 3.63) is 134 Å². The second-order valence-electron chi connectivity index (χ2n) is 29.0. The molecule has 0 aromatic carbocycles. The van der Waals surface area contributed by atoms with E-state index in [1.165, 1.54) is 167 Å². The first-order valence-electron chi connectivity index (χ1n) is 43.5. The monoisotopic (exact) mass is 1570 g/mol. The molecule has 0 amide bonds. The van der Waals surface area contributed by atoms with E-state index in [1.807, 2.05) is 0 Å². The standard InChI is InChI=1S/C91H158O16P2/c1-4-7-10-13-16-19-22-25-28-30-32-34-36-38-39-40-41-42-43-44-45-47-49-50-52-54-57-59-62-65-68-71-74-77-89(94)101-80-86(92)81-103-108(97,98)104-82-87(93)83-105-109(99,100)106-85-88(107-91(96)79-76-73-70-67-64-61-56-27-24-21-18-15-12-9-6-3)84-102-90(95)78-75-72-69-66-63-60-58-55-53-51-48-46-37-35-33-31-29-26-23-20-17-14-11-8-5-2/h9,12,16-21,25-29,32-35,38-39,46,48,56,86-88,92-93H,4-8,10-11,13-15,22-24,30-31,36-37,40-45,47,49-55,57-85H2,1-3H3,(H,97,98)(H,99,100)/b12-9-,19-16-,20-17-,21-18-,28-25-,29-26-,34-32-,35-33-,39-38-,48-46-,56-27-. The lowest BCUT2D eigenvalue weighted by atomic mass is 10.0. The van der Waals surface area contributed by atoms with Gasteiger partial charge in [0, 0.05) is 19.3 Å². The fraction of sp³-hybridized carbons (Fsp3) is 0.725. The molecule has 0 rings (SSSR count). The maximum absolute atomic E-state index is 13.0. The zero-order chi connectivity index (χ0) is 79.4. The van der Waals surface area contributed by atoms with Gasteiger partial charge in [0.2, 0.25) is 0 Å². The number of allylic oxidation sites excluding steroid dienone is 22. The van der Waals surface area contributed by atoms with Crippen LogP contribution in [0, 0.1) is 0 Å². The molecule has 109 heavy (non-hydrogen) atoms. The van der Waals surface area contributed by atoms with E-state index in [9.17, 15) is 43.5 Å². The Morgan fingerprint density at radius 2 is 0.486 bits per heavy atom. The van der Waals surface area contributed by atoms with Crippen LogP contribution in [0.15, 0.2) is 134 Å². The zero-order valence-electron chi connectivity index (χ0n) is 68.9. The summed E-state index contributed by atoms with van der Waals surface area (Å²) in [7, 11) is -9.80. The van der Waals surface area contributed by atoms with Gasteiger partial charge in [0.1, 0.15) is 25.4 Å². The van der Waals surface area contributed by atoms with Crippen molar-refractivity contribution in [2.75, 3.05) is 39.6 Å². The number of ether oxygens (including phenoxy) is 3. The summed E-state index contributed by atoms with van der Waals surface area (Å²) >= 11 is 0. The lowest BCUT2D eigenvalue weighted by Crippen LogP contribution is -2.30. The van der Waals surface area contributed by atoms with E-state index < -0.39 is 91.5 Å². The molecule has 0 saturated carbocycles. The highest BCUT2D eigenvalue weighted by atomic mass is 31.2. The molecule has 628 valence electrons. The highest BCUT2D eigenvalue weighted by molar-refractivity contribution is 7.47. The molecule has 0 aromatic heterocycles. The molecule has 0 spiro atoms. The fourth-order valence-electron chi connectivity index (χ4n) is 11.7. The van der Waals surface area contributed by atoms with Crippen LogP contribution in [-0.2, 0) is 55.8 Å².